The Bertz CT molecular complexity index is 649. The molecule has 6 heteroatoms. The average Bonchev–Trinajstić information content (AvgIpc) is 2.49. The van der Waals surface area contributed by atoms with E-state index >= 15 is 0 Å². The predicted molar refractivity (Wildman–Crippen MR) is 98.0 cm³/mol. The third-order valence-corrected chi connectivity index (χ3v) is 4.67. The van der Waals surface area contributed by atoms with E-state index in [1.807, 2.05) is 25.2 Å². The zero-order chi connectivity index (χ0) is 15.4. The molecule has 4 nitrogen and oxygen atoms in total. The zero-order valence-electron chi connectivity index (χ0n) is 12.2. The van der Waals surface area contributed by atoms with Gasteiger partial charge in [-0.1, -0.05) is 29.3 Å². The Morgan fingerprint density at radius 3 is 2.71 bits per heavy atom. The van der Waals surface area contributed by atoms with Crippen molar-refractivity contribution in [3.05, 3.63) is 31.9 Å². The Kier molecular flexibility index (Phi) is 5.80. The molecule has 0 atom stereocenters. The standard InChI is InChI=1S/C15H17BrIN3O/c1-4-5-11-13(17)15(18-2)20-14(19-11)10-8-9(16)6-7-12(10)21-3/h6-8H,4-5H2,1-3H3,(H,18,19,20). The Labute approximate surface area is 147 Å². The highest BCUT2D eigenvalue weighted by molar-refractivity contribution is 14.1. The maximum atomic E-state index is 5.44. The normalized spacial score (nSPS) is 10.5. The van der Waals surface area contributed by atoms with Gasteiger partial charge >= 0.3 is 0 Å². The zero-order valence-corrected chi connectivity index (χ0v) is 15.9. The van der Waals surface area contributed by atoms with Gasteiger partial charge in [-0.2, -0.15) is 0 Å². The van der Waals surface area contributed by atoms with Gasteiger partial charge in [0.1, 0.15) is 11.6 Å². The number of benzene rings is 1. The van der Waals surface area contributed by atoms with Crippen molar-refractivity contribution in [3.63, 3.8) is 0 Å². The van der Waals surface area contributed by atoms with Gasteiger partial charge in [-0.3, -0.25) is 0 Å². The van der Waals surface area contributed by atoms with Crippen LogP contribution in [0.5, 0.6) is 5.75 Å². The number of nitrogens with one attached hydrogen (secondary N) is 1. The SMILES string of the molecule is CCCc1nc(-c2cc(Br)ccc2OC)nc(NC)c1I. The summed E-state index contributed by atoms with van der Waals surface area (Å²) in [5.41, 5.74) is 1.95. The molecule has 0 aliphatic rings. The second-order valence-electron chi connectivity index (χ2n) is 4.50. The first-order valence-electron chi connectivity index (χ1n) is 6.68. The van der Waals surface area contributed by atoms with E-state index in [0.29, 0.717) is 5.82 Å². The van der Waals surface area contributed by atoms with Crippen molar-refractivity contribution < 1.29 is 4.74 Å². The maximum absolute atomic E-state index is 5.44. The molecule has 21 heavy (non-hydrogen) atoms. The van der Waals surface area contributed by atoms with Crippen molar-refractivity contribution in [3.8, 4) is 17.1 Å². The van der Waals surface area contributed by atoms with E-state index in [1.165, 1.54) is 0 Å². The highest BCUT2D eigenvalue weighted by Gasteiger charge is 2.15. The molecule has 1 aromatic heterocycles. The highest BCUT2D eigenvalue weighted by Crippen LogP contribution is 2.32. The summed E-state index contributed by atoms with van der Waals surface area (Å²) in [6.07, 6.45) is 1.98. The number of nitrogens with zero attached hydrogens (tertiary/aromatic N) is 2. The number of anilines is 1. The Hall–Kier alpha value is -0.890. The monoisotopic (exact) mass is 461 g/mol. The fraction of sp³-hybridized carbons (Fsp3) is 0.333. The molecule has 2 rings (SSSR count). The summed E-state index contributed by atoms with van der Waals surface area (Å²) in [5.74, 6) is 2.30. The first kappa shape index (κ1) is 16.5. The number of aryl methyl sites for hydroxylation is 1. The lowest BCUT2D eigenvalue weighted by atomic mass is 10.1. The van der Waals surface area contributed by atoms with Crippen molar-refractivity contribution in [2.75, 3.05) is 19.5 Å². The molecule has 0 amide bonds. The second-order valence-corrected chi connectivity index (χ2v) is 6.50. The minimum atomic E-state index is 0.682. The van der Waals surface area contributed by atoms with Gasteiger partial charge in [0.2, 0.25) is 0 Å². The van der Waals surface area contributed by atoms with Crippen molar-refractivity contribution in [1.82, 2.24) is 9.97 Å². The minimum Gasteiger partial charge on any atom is -0.496 e. The molecule has 1 aromatic carbocycles. The fourth-order valence-corrected chi connectivity index (χ4v) is 3.18. The van der Waals surface area contributed by atoms with Gasteiger partial charge < -0.3 is 10.1 Å². The summed E-state index contributed by atoms with van der Waals surface area (Å²) < 4.78 is 7.49. The number of hydrogen-bond acceptors (Lipinski definition) is 4. The Morgan fingerprint density at radius 1 is 1.33 bits per heavy atom. The average molecular weight is 462 g/mol. The number of rotatable bonds is 5. The van der Waals surface area contributed by atoms with Crippen LogP contribution in [0.2, 0.25) is 0 Å². The largest absolute Gasteiger partial charge is 0.496 e. The van der Waals surface area contributed by atoms with Gasteiger partial charge in [0.15, 0.2) is 5.82 Å². The van der Waals surface area contributed by atoms with E-state index in [4.69, 9.17) is 9.72 Å². The summed E-state index contributed by atoms with van der Waals surface area (Å²) in [7, 11) is 3.54. The number of methoxy groups -OCH3 is 1. The summed E-state index contributed by atoms with van der Waals surface area (Å²) in [6.45, 7) is 2.15. The van der Waals surface area contributed by atoms with Crippen molar-refractivity contribution in [1.29, 1.82) is 0 Å². The third kappa shape index (κ3) is 3.66. The van der Waals surface area contributed by atoms with Gasteiger partial charge in [0, 0.05) is 11.5 Å². The van der Waals surface area contributed by atoms with E-state index in [-0.39, 0.29) is 0 Å². The van der Waals surface area contributed by atoms with Crippen LogP contribution in [0.3, 0.4) is 0 Å². The van der Waals surface area contributed by atoms with Crippen molar-refractivity contribution in [2.24, 2.45) is 0 Å². The van der Waals surface area contributed by atoms with Crippen LogP contribution in [-0.2, 0) is 6.42 Å². The summed E-state index contributed by atoms with van der Waals surface area (Å²) in [4.78, 5) is 9.35. The van der Waals surface area contributed by atoms with Crippen LogP contribution >= 0.6 is 38.5 Å². The minimum absolute atomic E-state index is 0.682. The van der Waals surface area contributed by atoms with Crippen molar-refractivity contribution >= 4 is 44.3 Å². The third-order valence-electron chi connectivity index (χ3n) is 3.05. The van der Waals surface area contributed by atoms with E-state index in [1.54, 1.807) is 7.11 Å². The van der Waals surface area contributed by atoms with Gasteiger partial charge in [-0.25, -0.2) is 9.97 Å². The summed E-state index contributed by atoms with van der Waals surface area (Å²) in [5, 5.41) is 3.15. The van der Waals surface area contributed by atoms with E-state index < -0.39 is 0 Å². The molecule has 0 spiro atoms. The smallest absolute Gasteiger partial charge is 0.165 e. The quantitative estimate of drug-likeness (QED) is 0.665. The van der Waals surface area contributed by atoms with Crippen LogP contribution < -0.4 is 10.1 Å². The van der Waals surface area contributed by atoms with E-state index in [0.717, 1.165) is 43.7 Å². The number of hydrogen-bond donors (Lipinski definition) is 1. The number of halogens is 2. The van der Waals surface area contributed by atoms with Crippen molar-refractivity contribution in [2.45, 2.75) is 19.8 Å². The molecule has 0 fully saturated rings. The lowest BCUT2D eigenvalue weighted by Crippen LogP contribution is -2.06. The molecule has 2 aromatic rings. The Balaban J connectivity index is 2.63. The first-order chi connectivity index (χ1) is 10.1. The molecule has 0 aliphatic carbocycles. The van der Waals surface area contributed by atoms with Crippen LogP contribution in [0.4, 0.5) is 5.82 Å². The molecule has 1 N–H and O–H groups in total. The van der Waals surface area contributed by atoms with Gasteiger partial charge in [0.25, 0.3) is 0 Å². The maximum Gasteiger partial charge on any atom is 0.165 e. The second kappa shape index (κ2) is 7.40. The molecular weight excluding hydrogens is 445 g/mol. The molecule has 0 bridgehead atoms. The molecular formula is C15H17BrIN3O. The topological polar surface area (TPSA) is 47.0 Å². The van der Waals surface area contributed by atoms with Crippen LogP contribution in [0.25, 0.3) is 11.4 Å². The van der Waals surface area contributed by atoms with Crippen LogP contribution in [-0.4, -0.2) is 24.1 Å². The van der Waals surface area contributed by atoms with Crippen LogP contribution in [0, 0.1) is 3.57 Å². The molecule has 0 saturated carbocycles. The van der Waals surface area contributed by atoms with Gasteiger partial charge in [-0.05, 0) is 47.2 Å². The predicted octanol–water partition coefficient (Wildman–Crippen LogP) is 4.51. The fourth-order valence-electron chi connectivity index (χ4n) is 2.04. The molecule has 112 valence electrons. The molecule has 0 aliphatic heterocycles. The summed E-state index contributed by atoms with van der Waals surface area (Å²) >= 11 is 5.79. The van der Waals surface area contributed by atoms with E-state index in [9.17, 15) is 0 Å². The molecule has 1 heterocycles. The number of aromatic nitrogens is 2. The lowest BCUT2D eigenvalue weighted by Gasteiger charge is -2.13. The Morgan fingerprint density at radius 2 is 2.10 bits per heavy atom. The molecule has 0 unspecified atom stereocenters. The first-order valence-corrected chi connectivity index (χ1v) is 8.56. The van der Waals surface area contributed by atoms with Gasteiger partial charge in [-0.15, -0.1) is 0 Å². The highest BCUT2D eigenvalue weighted by atomic mass is 127. The van der Waals surface area contributed by atoms with Crippen LogP contribution in [0.15, 0.2) is 22.7 Å². The number of ether oxygens (including phenoxy) is 1. The summed E-state index contributed by atoms with van der Waals surface area (Å²) in [6, 6.07) is 5.84. The van der Waals surface area contributed by atoms with Gasteiger partial charge in [0.05, 0.1) is 21.9 Å². The molecule has 0 radical (unpaired) electrons. The lowest BCUT2D eigenvalue weighted by molar-refractivity contribution is 0.416. The van der Waals surface area contributed by atoms with E-state index in [2.05, 4.69) is 55.7 Å². The molecule has 0 saturated heterocycles. The van der Waals surface area contributed by atoms with Crippen LogP contribution in [0.1, 0.15) is 19.0 Å².